The van der Waals surface area contributed by atoms with Gasteiger partial charge in [-0.05, 0) is 42.7 Å². The van der Waals surface area contributed by atoms with Crippen LogP contribution in [0.2, 0.25) is 0 Å². The topological polar surface area (TPSA) is 59.4 Å². The summed E-state index contributed by atoms with van der Waals surface area (Å²) in [5, 5.41) is 8.85. The number of hydrogen-bond donors (Lipinski definition) is 1. The molecule has 0 spiro atoms. The Morgan fingerprint density at radius 2 is 2.15 bits per heavy atom. The van der Waals surface area contributed by atoms with Crippen molar-refractivity contribution in [2.24, 2.45) is 16.7 Å². The Kier molecular flexibility index (Phi) is 2.82. The molecule has 1 N–H and O–H groups in total. The molecule has 2 bridgehead atoms. The minimum absolute atomic E-state index is 0.0526. The standard InChI is InChI=1S/C16H21NO3/c1-15(2)10-6-7-16(15,3)13(8-10)20-11-4-5-12(14(18)19)17-9-11/h4-5,9-10,13H,6-8H2,1-3H3,(H,18,19). The molecule has 3 atom stereocenters. The van der Waals surface area contributed by atoms with Gasteiger partial charge in [-0.15, -0.1) is 0 Å². The van der Waals surface area contributed by atoms with E-state index in [4.69, 9.17) is 9.84 Å². The summed E-state index contributed by atoms with van der Waals surface area (Å²) in [6, 6.07) is 3.21. The monoisotopic (exact) mass is 275 g/mol. The molecule has 3 unspecified atom stereocenters. The summed E-state index contributed by atoms with van der Waals surface area (Å²) in [6.45, 7) is 7.02. The molecule has 0 aliphatic heterocycles. The van der Waals surface area contributed by atoms with Gasteiger partial charge in [0.2, 0.25) is 0 Å². The maximum absolute atomic E-state index is 10.8. The molecule has 4 heteroatoms. The predicted octanol–water partition coefficient (Wildman–Crippen LogP) is 3.37. The van der Waals surface area contributed by atoms with Crippen LogP contribution in [0.5, 0.6) is 5.75 Å². The zero-order chi connectivity index (χ0) is 14.5. The van der Waals surface area contributed by atoms with Crippen molar-refractivity contribution in [3.63, 3.8) is 0 Å². The van der Waals surface area contributed by atoms with Crippen LogP contribution in [0.15, 0.2) is 18.3 Å². The summed E-state index contributed by atoms with van der Waals surface area (Å²) in [5.41, 5.74) is 0.562. The van der Waals surface area contributed by atoms with E-state index < -0.39 is 5.97 Å². The van der Waals surface area contributed by atoms with Crippen LogP contribution in [0.4, 0.5) is 0 Å². The molecule has 1 aromatic heterocycles. The molecule has 0 saturated heterocycles. The quantitative estimate of drug-likeness (QED) is 0.918. The number of nitrogens with zero attached hydrogens (tertiary/aromatic N) is 1. The number of aromatic carboxylic acids is 1. The highest BCUT2D eigenvalue weighted by Crippen LogP contribution is 2.66. The molecule has 2 aliphatic rings. The van der Waals surface area contributed by atoms with E-state index in [-0.39, 0.29) is 17.2 Å². The van der Waals surface area contributed by atoms with Gasteiger partial charge in [0, 0.05) is 5.41 Å². The molecule has 108 valence electrons. The molecule has 1 heterocycles. The van der Waals surface area contributed by atoms with Crippen molar-refractivity contribution < 1.29 is 14.6 Å². The Labute approximate surface area is 119 Å². The Morgan fingerprint density at radius 3 is 2.60 bits per heavy atom. The van der Waals surface area contributed by atoms with Crippen molar-refractivity contribution in [1.29, 1.82) is 0 Å². The van der Waals surface area contributed by atoms with Crippen LogP contribution in [0.25, 0.3) is 0 Å². The van der Waals surface area contributed by atoms with Gasteiger partial charge in [-0.3, -0.25) is 0 Å². The fraction of sp³-hybridized carbons (Fsp3) is 0.625. The van der Waals surface area contributed by atoms with Crippen molar-refractivity contribution in [3.05, 3.63) is 24.0 Å². The minimum Gasteiger partial charge on any atom is -0.488 e. The molecule has 0 aromatic carbocycles. The first-order chi connectivity index (χ1) is 9.34. The highest BCUT2D eigenvalue weighted by atomic mass is 16.5. The molecule has 3 rings (SSSR count). The highest BCUT2D eigenvalue weighted by molar-refractivity contribution is 5.85. The molecular formula is C16H21NO3. The van der Waals surface area contributed by atoms with E-state index in [0.717, 1.165) is 12.3 Å². The van der Waals surface area contributed by atoms with E-state index in [1.807, 2.05) is 0 Å². The number of rotatable bonds is 3. The number of carboxylic acids is 1. The highest BCUT2D eigenvalue weighted by Gasteiger charge is 2.62. The van der Waals surface area contributed by atoms with Crippen LogP contribution < -0.4 is 4.74 Å². The predicted molar refractivity (Wildman–Crippen MR) is 74.8 cm³/mol. The Balaban J connectivity index is 1.78. The smallest absolute Gasteiger partial charge is 0.354 e. The van der Waals surface area contributed by atoms with Crippen molar-refractivity contribution in [1.82, 2.24) is 4.98 Å². The van der Waals surface area contributed by atoms with Crippen LogP contribution in [-0.2, 0) is 0 Å². The first-order valence-corrected chi connectivity index (χ1v) is 7.20. The molecule has 0 radical (unpaired) electrons. The lowest BCUT2D eigenvalue weighted by Crippen LogP contribution is -2.38. The largest absolute Gasteiger partial charge is 0.488 e. The number of pyridine rings is 1. The normalized spacial score (nSPS) is 34.1. The Bertz CT molecular complexity index is 537. The average Bonchev–Trinajstić information content (AvgIpc) is 2.72. The number of carbonyl (C=O) groups is 1. The number of hydrogen-bond acceptors (Lipinski definition) is 3. The first kappa shape index (κ1) is 13.4. The lowest BCUT2D eigenvalue weighted by Gasteiger charge is -2.38. The average molecular weight is 275 g/mol. The van der Waals surface area contributed by atoms with E-state index in [9.17, 15) is 4.79 Å². The Hall–Kier alpha value is -1.58. The summed E-state index contributed by atoms with van der Waals surface area (Å²) >= 11 is 0. The molecule has 2 saturated carbocycles. The van der Waals surface area contributed by atoms with Gasteiger partial charge in [0.05, 0.1) is 6.20 Å². The summed E-state index contributed by atoms with van der Waals surface area (Å²) in [5.74, 6) is 0.387. The Morgan fingerprint density at radius 1 is 1.40 bits per heavy atom. The third-order valence-corrected chi connectivity index (χ3v) is 5.95. The van der Waals surface area contributed by atoms with Gasteiger partial charge in [0.1, 0.15) is 17.5 Å². The van der Waals surface area contributed by atoms with Gasteiger partial charge in [-0.2, -0.15) is 0 Å². The molecule has 2 aliphatic carbocycles. The van der Waals surface area contributed by atoms with Crippen LogP contribution >= 0.6 is 0 Å². The second kappa shape index (κ2) is 4.21. The molecule has 0 amide bonds. The summed E-state index contributed by atoms with van der Waals surface area (Å²) in [6.07, 6.45) is 5.31. The molecule has 4 nitrogen and oxygen atoms in total. The number of aromatic nitrogens is 1. The van der Waals surface area contributed by atoms with Gasteiger partial charge in [-0.25, -0.2) is 9.78 Å². The maximum Gasteiger partial charge on any atom is 0.354 e. The van der Waals surface area contributed by atoms with E-state index in [1.165, 1.54) is 25.1 Å². The van der Waals surface area contributed by atoms with Crippen molar-refractivity contribution in [3.8, 4) is 5.75 Å². The number of ether oxygens (including phenoxy) is 1. The van der Waals surface area contributed by atoms with E-state index in [1.54, 1.807) is 6.07 Å². The number of carboxylic acid groups (broad SMARTS) is 1. The zero-order valence-electron chi connectivity index (χ0n) is 12.2. The van der Waals surface area contributed by atoms with Gasteiger partial charge in [0.25, 0.3) is 0 Å². The van der Waals surface area contributed by atoms with E-state index in [2.05, 4.69) is 25.8 Å². The second-order valence-electron chi connectivity index (χ2n) is 6.90. The van der Waals surface area contributed by atoms with Gasteiger partial charge < -0.3 is 9.84 Å². The fourth-order valence-electron chi connectivity index (χ4n) is 4.05. The SMILES string of the molecule is CC1(C)C2CCC1(C)C(Oc1ccc(C(=O)O)nc1)C2. The van der Waals surface area contributed by atoms with Gasteiger partial charge >= 0.3 is 5.97 Å². The molecule has 1 aromatic rings. The third-order valence-electron chi connectivity index (χ3n) is 5.95. The van der Waals surface area contributed by atoms with Crippen LogP contribution in [-0.4, -0.2) is 22.2 Å². The molecule has 20 heavy (non-hydrogen) atoms. The molecular weight excluding hydrogens is 254 g/mol. The zero-order valence-corrected chi connectivity index (χ0v) is 12.2. The summed E-state index contributed by atoms with van der Waals surface area (Å²) in [4.78, 5) is 14.7. The van der Waals surface area contributed by atoms with Crippen LogP contribution in [0.1, 0.15) is 50.5 Å². The van der Waals surface area contributed by atoms with Crippen molar-refractivity contribution in [2.75, 3.05) is 0 Å². The van der Waals surface area contributed by atoms with Crippen LogP contribution in [0.3, 0.4) is 0 Å². The van der Waals surface area contributed by atoms with Gasteiger partial charge in [-0.1, -0.05) is 20.8 Å². The second-order valence-corrected chi connectivity index (χ2v) is 6.90. The van der Waals surface area contributed by atoms with E-state index in [0.29, 0.717) is 11.2 Å². The minimum atomic E-state index is -1.01. The summed E-state index contributed by atoms with van der Waals surface area (Å²) < 4.78 is 6.13. The van der Waals surface area contributed by atoms with Gasteiger partial charge in [0.15, 0.2) is 0 Å². The lowest BCUT2D eigenvalue weighted by atomic mass is 9.70. The fourth-order valence-corrected chi connectivity index (χ4v) is 4.05. The number of fused-ring (bicyclic) bond motifs is 2. The maximum atomic E-state index is 10.8. The molecule has 2 fully saturated rings. The van der Waals surface area contributed by atoms with Crippen LogP contribution in [0, 0.1) is 16.7 Å². The lowest BCUT2D eigenvalue weighted by molar-refractivity contribution is 0.0299. The summed E-state index contributed by atoms with van der Waals surface area (Å²) in [7, 11) is 0. The third kappa shape index (κ3) is 1.74. The van der Waals surface area contributed by atoms with Crippen molar-refractivity contribution in [2.45, 2.75) is 46.1 Å². The van der Waals surface area contributed by atoms with Crippen molar-refractivity contribution >= 4 is 5.97 Å². The van der Waals surface area contributed by atoms with E-state index >= 15 is 0 Å². The first-order valence-electron chi connectivity index (χ1n) is 7.20.